The van der Waals surface area contributed by atoms with Crippen molar-refractivity contribution in [3.05, 3.63) is 11.8 Å². The number of ketones is 1. The Balaban J connectivity index is 4.30. The molecule has 0 saturated heterocycles. The van der Waals surface area contributed by atoms with Gasteiger partial charge in [-0.25, -0.2) is 0 Å². The summed E-state index contributed by atoms with van der Waals surface area (Å²) in [4.78, 5) is 11.3. The van der Waals surface area contributed by atoms with Crippen molar-refractivity contribution < 1.29 is 14.6 Å². The molecular weight excluding hydrogens is 180 g/mol. The zero-order chi connectivity index (χ0) is 11.3. The monoisotopic (exact) mass is 200 g/mol. The topological polar surface area (TPSA) is 46.5 Å². The lowest BCUT2D eigenvalue weighted by Crippen LogP contribution is -2.18. The molecule has 0 aromatic heterocycles. The van der Waals surface area contributed by atoms with Crippen molar-refractivity contribution in [2.45, 2.75) is 46.8 Å². The van der Waals surface area contributed by atoms with Crippen LogP contribution in [0.1, 0.15) is 34.6 Å². The first-order chi connectivity index (χ1) is 6.34. The summed E-state index contributed by atoms with van der Waals surface area (Å²) < 4.78 is 5.32. The van der Waals surface area contributed by atoms with Gasteiger partial charge in [0.05, 0.1) is 6.10 Å². The summed E-state index contributed by atoms with van der Waals surface area (Å²) in [5, 5.41) is 9.50. The first-order valence-electron chi connectivity index (χ1n) is 4.94. The van der Waals surface area contributed by atoms with Gasteiger partial charge in [-0.1, -0.05) is 13.8 Å². The maximum atomic E-state index is 11.3. The van der Waals surface area contributed by atoms with E-state index in [9.17, 15) is 9.90 Å². The minimum atomic E-state index is -0.419. The number of rotatable bonds is 5. The quantitative estimate of drug-likeness (QED) is 0.547. The first-order valence-corrected chi connectivity index (χ1v) is 4.94. The minimum Gasteiger partial charge on any atom is -0.509 e. The van der Waals surface area contributed by atoms with E-state index in [-0.39, 0.29) is 23.6 Å². The highest BCUT2D eigenvalue weighted by Gasteiger charge is 2.12. The highest BCUT2D eigenvalue weighted by Crippen LogP contribution is 2.07. The van der Waals surface area contributed by atoms with Crippen LogP contribution in [0.3, 0.4) is 0 Å². The molecule has 0 radical (unpaired) electrons. The van der Waals surface area contributed by atoms with Crippen LogP contribution in [-0.4, -0.2) is 23.1 Å². The highest BCUT2D eigenvalue weighted by atomic mass is 16.5. The molecule has 82 valence electrons. The number of ether oxygens (including phenoxy) is 1. The van der Waals surface area contributed by atoms with Crippen molar-refractivity contribution in [1.82, 2.24) is 0 Å². The van der Waals surface area contributed by atoms with Crippen LogP contribution in [0.4, 0.5) is 0 Å². The lowest BCUT2D eigenvalue weighted by atomic mass is 10.1. The zero-order valence-electron chi connectivity index (χ0n) is 9.57. The molecule has 0 aliphatic heterocycles. The standard InChI is InChI=1S/C11H20O3/c1-7(2)10(12)6-11(13)9(5)14-8(3)4/h6-9,13H,1-5H3/b11-6-. The summed E-state index contributed by atoms with van der Waals surface area (Å²) in [5.41, 5.74) is 0. The first kappa shape index (κ1) is 13.2. The Hall–Kier alpha value is -0.830. The normalized spacial score (nSPS) is 14.9. The fraction of sp³-hybridized carbons (Fsp3) is 0.727. The van der Waals surface area contributed by atoms with Gasteiger partial charge in [-0.05, 0) is 20.8 Å². The fourth-order valence-corrected chi connectivity index (χ4v) is 0.908. The van der Waals surface area contributed by atoms with Gasteiger partial charge in [0.15, 0.2) is 5.78 Å². The molecule has 14 heavy (non-hydrogen) atoms. The summed E-state index contributed by atoms with van der Waals surface area (Å²) in [6.07, 6.45) is 0.866. The smallest absolute Gasteiger partial charge is 0.161 e. The second kappa shape index (κ2) is 5.81. The zero-order valence-corrected chi connectivity index (χ0v) is 9.57. The predicted molar refractivity (Wildman–Crippen MR) is 56.2 cm³/mol. The number of hydrogen-bond acceptors (Lipinski definition) is 3. The van der Waals surface area contributed by atoms with Gasteiger partial charge in [0.1, 0.15) is 11.9 Å². The van der Waals surface area contributed by atoms with Crippen molar-refractivity contribution in [2.75, 3.05) is 0 Å². The fourth-order valence-electron chi connectivity index (χ4n) is 0.908. The molecule has 1 unspecified atom stereocenters. The molecule has 0 aromatic rings. The van der Waals surface area contributed by atoms with E-state index in [0.717, 1.165) is 0 Å². The van der Waals surface area contributed by atoms with Crippen LogP contribution in [0.25, 0.3) is 0 Å². The molecule has 0 rings (SSSR count). The van der Waals surface area contributed by atoms with Crippen LogP contribution in [0.5, 0.6) is 0 Å². The van der Waals surface area contributed by atoms with Crippen LogP contribution in [0, 0.1) is 5.92 Å². The Morgan fingerprint density at radius 2 is 1.71 bits per heavy atom. The van der Waals surface area contributed by atoms with E-state index in [4.69, 9.17) is 4.74 Å². The molecule has 0 heterocycles. The average molecular weight is 200 g/mol. The molecule has 0 aliphatic carbocycles. The van der Waals surface area contributed by atoms with Crippen molar-refractivity contribution >= 4 is 5.78 Å². The van der Waals surface area contributed by atoms with E-state index >= 15 is 0 Å². The number of carbonyl (C=O) groups is 1. The van der Waals surface area contributed by atoms with Gasteiger partial charge in [0, 0.05) is 12.0 Å². The summed E-state index contributed by atoms with van der Waals surface area (Å²) >= 11 is 0. The molecule has 0 bridgehead atoms. The van der Waals surface area contributed by atoms with Crippen LogP contribution in [-0.2, 0) is 9.53 Å². The van der Waals surface area contributed by atoms with Crippen LogP contribution >= 0.6 is 0 Å². The molecule has 0 aromatic carbocycles. The van der Waals surface area contributed by atoms with Crippen LogP contribution < -0.4 is 0 Å². The second-order valence-electron chi connectivity index (χ2n) is 3.95. The average Bonchev–Trinajstić information content (AvgIpc) is 2.02. The minimum absolute atomic E-state index is 0.00241. The summed E-state index contributed by atoms with van der Waals surface area (Å²) in [6, 6.07) is 0. The van der Waals surface area contributed by atoms with Crippen LogP contribution in [0.15, 0.2) is 11.8 Å². The Labute approximate surface area is 85.8 Å². The number of allylic oxidation sites excluding steroid dienone is 1. The molecule has 0 aliphatic rings. The Kier molecular flexibility index (Phi) is 5.46. The molecule has 1 atom stereocenters. The van der Waals surface area contributed by atoms with Gasteiger partial charge in [-0.15, -0.1) is 0 Å². The third-order valence-electron chi connectivity index (χ3n) is 1.75. The van der Waals surface area contributed by atoms with E-state index in [1.165, 1.54) is 6.08 Å². The second-order valence-corrected chi connectivity index (χ2v) is 3.95. The van der Waals surface area contributed by atoms with Gasteiger partial charge < -0.3 is 9.84 Å². The molecule has 0 spiro atoms. The van der Waals surface area contributed by atoms with E-state index in [1.54, 1.807) is 20.8 Å². The van der Waals surface area contributed by atoms with Crippen molar-refractivity contribution in [1.29, 1.82) is 0 Å². The van der Waals surface area contributed by atoms with Crippen molar-refractivity contribution in [2.24, 2.45) is 5.92 Å². The molecular formula is C11H20O3. The van der Waals surface area contributed by atoms with E-state index in [2.05, 4.69) is 0 Å². The molecule has 3 nitrogen and oxygen atoms in total. The third-order valence-corrected chi connectivity index (χ3v) is 1.75. The molecule has 3 heteroatoms. The van der Waals surface area contributed by atoms with Crippen molar-refractivity contribution in [3.63, 3.8) is 0 Å². The van der Waals surface area contributed by atoms with Crippen molar-refractivity contribution in [3.8, 4) is 0 Å². The lowest BCUT2D eigenvalue weighted by molar-refractivity contribution is -0.117. The third kappa shape index (κ3) is 5.02. The maximum absolute atomic E-state index is 11.3. The van der Waals surface area contributed by atoms with Gasteiger partial charge in [-0.2, -0.15) is 0 Å². The largest absolute Gasteiger partial charge is 0.509 e. The maximum Gasteiger partial charge on any atom is 0.161 e. The van der Waals surface area contributed by atoms with Gasteiger partial charge >= 0.3 is 0 Å². The predicted octanol–water partition coefficient (Wildman–Crippen LogP) is 2.47. The number of aliphatic hydroxyl groups is 1. The summed E-state index contributed by atoms with van der Waals surface area (Å²) in [6.45, 7) is 9.07. The van der Waals surface area contributed by atoms with E-state index in [1.807, 2.05) is 13.8 Å². The SMILES string of the molecule is CC(C)OC(C)/C(O)=C/C(=O)C(C)C. The molecule has 1 N–H and O–H groups in total. The lowest BCUT2D eigenvalue weighted by Gasteiger charge is -2.15. The van der Waals surface area contributed by atoms with E-state index in [0.29, 0.717) is 0 Å². The van der Waals surface area contributed by atoms with Gasteiger partial charge in [0.2, 0.25) is 0 Å². The Morgan fingerprint density at radius 1 is 1.21 bits per heavy atom. The van der Waals surface area contributed by atoms with Gasteiger partial charge in [0.25, 0.3) is 0 Å². The number of carbonyl (C=O) groups excluding carboxylic acids is 1. The molecule has 0 fully saturated rings. The van der Waals surface area contributed by atoms with Crippen LogP contribution in [0.2, 0.25) is 0 Å². The Bertz CT molecular complexity index is 217. The van der Waals surface area contributed by atoms with E-state index < -0.39 is 6.10 Å². The van der Waals surface area contributed by atoms with Gasteiger partial charge in [-0.3, -0.25) is 4.79 Å². The number of aliphatic hydroxyl groups excluding tert-OH is 1. The number of hydrogen-bond donors (Lipinski definition) is 1. The highest BCUT2D eigenvalue weighted by molar-refractivity contribution is 5.91. The Morgan fingerprint density at radius 3 is 2.07 bits per heavy atom. The molecule has 0 saturated carbocycles. The molecule has 0 amide bonds. The summed E-state index contributed by atoms with van der Waals surface area (Å²) in [7, 11) is 0. The summed E-state index contributed by atoms with van der Waals surface area (Å²) in [5.74, 6) is -0.178.